The molecule has 0 spiro atoms. The van der Waals surface area contributed by atoms with Gasteiger partial charge in [0.1, 0.15) is 5.25 Å². The lowest BCUT2D eigenvalue weighted by Crippen LogP contribution is -2.41. The quantitative estimate of drug-likeness (QED) is 0.795. The van der Waals surface area contributed by atoms with Crippen molar-refractivity contribution in [3.05, 3.63) is 35.9 Å². The molecule has 0 bridgehead atoms. The van der Waals surface area contributed by atoms with Crippen LogP contribution in [0, 0.1) is 0 Å². The molecule has 0 heterocycles. The van der Waals surface area contributed by atoms with Gasteiger partial charge < -0.3 is 5.73 Å². The van der Waals surface area contributed by atoms with Gasteiger partial charge >= 0.3 is 0 Å². The summed E-state index contributed by atoms with van der Waals surface area (Å²) in [7, 11) is -3.45. The molecule has 1 aromatic rings. The lowest BCUT2D eigenvalue weighted by Gasteiger charge is -2.12. The van der Waals surface area contributed by atoms with Crippen LogP contribution in [0.2, 0.25) is 0 Å². The van der Waals surface area contributed by atoms with Crippen LogP contribution in [-0.4, -0.2) is 24.7 Å². The van der Waals surface area contributed by atoms with Crippen LogP contribution < -0.4 is 10.5 Å². The Balaban J connectivity index is 2.00. The standard InChI is InChI=1S/C12H16N2O2S2/c1-8(12(13)17)18(15,16)14-11-7-10(11)9-5-3-2-4-6-9/h2-6,8,10-11,14H,7H2,1H3,(H2,13,17). The average molecular weight is 284 g/mol. The Morgan fingerprint density at radius 1 is 1.44 bits per heavy atom. The van der Waals surface area contributed by atoms with E-state index in [0.29, 0.717) is 0 Å². The normalized spacial score (nSPS) is 24.5. The van der Waals surface area contributed by atoms with E-state index in [0.717, 1.165) is 12.0 Å². The van der Waals surface area contributed by atoms with Gasteiger partial charge in [0.2, 0.25) is 10.0 Å². The van der Waals surface area contributed by atoms with E-state index in [4.69, 9.17) is 18.0 Å². The SMILES string of the molecule is CC(C(N)=S)S(=O)(=O)NC1CC1c1ccccc1. The van der Waals surface area contributed by atoms with Gasteiger partial charge in [-0.3, -0.25) is 0 Å². The predicted octanol–water partition coefficient (Wildman–Crippen LogP) is 1.14. The van der Waals surface area contributed by atoms with E-state index in [1.807, 2.05) is 30.3 Å². The zero-order valence-corrected chi connectivity index (χ0v) is 11.7. The highest BCUT2D eigenvalue weighted by molar-refractivity contribution is 7.93. The molecule has 1 fully saturated rings. The number of nitrogens with one attached hydrogen (secondary N) is 1. The number of sulfonamides is 1. The van der Waals surface area contributed by atoms with Gasteiger partial charge in [0.15, 0.2) is 0 Å². The van der Waals surface area contributed by atoms with Gasteiger partial charge in [0, 0.05) is 12.0 Å². The van der Waals surface area contributed by atoms with Gasteiger partial charge in [-0.15, -0.1) is 0 Å². The maximum atomic E-state index is 11.9. The molecular formula is C12H16N2O2S2. The molecule has 0 radical (unpaired) electrons. The van der Waals surface area contributed by atoms with Crippen molar-refractivity contribution in [1.82, 2.24) is 4.72 Å². The zero-order valence-electron chi connectivity index (χ0n) is 10.0. The molecule has 4 nitrogen and oxygen atoms in total. The number of hydrogen-bond acceptors (Lipinski definition) is 3. The number of nitrogens with two attached hydrogens (primary N) is 1. The molecule has 18 heavy (non-hydrogen) atoms. The minimum atomic E-state index is -3.45. The Kier molecular flexibility index (Phi) is 3.70. The monoisotopic (exact) mass is 284 g/mol. The molecular weight excluding hydrogens is 268 g/mol. The summed E-state index contributed by atoms with van der Waals surface area (Å²) in [5, 5.41) is -0.829. The van der Waals surface area contributed by atoms with Crippen LogP contribution >= 0.6 is 12.2 Å². The highest BCUT2D eigenvalue weighted by atomic mass is 32.2. The van der Waals surface area contributed by atoms with Gasteiger partial charge in [-0.25, -0.2) is 13.1 Å². The average Bonchev–Trinajstić information content (AvgIpc) is 3.07. The molecule has 0 saturated heterocycles. The van der Waals surface area contributed by atoms with E-state index in [1.54, 1.807) is 0 Å². The highest BCUT2D eigenvalue weighted by Crippen LogP contribution is 2.41. The van der Waals surface area contributed by atoms with Crippen LogP contribution in [0.5, 0.6) is 0 Å². The van der Waals surface area contributed by atoms with Gasteiger partial charge in [-0.2, -0.15) is 0 Å². The van der Waals surface area contributed by atoms with Crippen molar-refractivity contribution in [1.29, 1.82) is 0 Å². The van der Waals surface area contributed by atoms with Crippen molar-refractivity contribution in [2.24, 2.45) is 5.73 Å². The van der Waals surface area contributed by atoms with Crippen molar-refractivity contribution in [3.8, 4) is 0 Å². The van der Waals surface area contributed by atoms with Crippen LogP contribution in [0.3, 0.4) is 0 Å². The van der Waals surface area contributed by atoms with E-state index >= 15 is 0 Å². The second kappa shape index (κ2) is 4.95. The molecule has 1 aromatic carbocycles. The molecule has 1 aliphatic carbocycles. The fourth-order valence-electron chi connectivity index (χ4n) is 1.86. The second-order valence-electron chi connectivity index (χ2n) is 4.57. The summed E-state index contributed by atoms with van der Waals surface area (Å²) in [5.41, 5.74) is 6.54. The largest absolute Gasteiger partial charge is 0.392 e. The summed E-state index contributed by atoms with van der Waals surface area (Å²) < 4.78 is 26.5. The Hall–Kier alpha value is -0.980. The number of hydrogen-bond donors (Lipinski definition) is 2. The van der Waals surface area contributed by atoms with Gasteiger partial charge in [0.25, 0.3) is 0 Å². The predicted molar refractivity (Wildman–Crippen MR) is 75.9 cm³/mol. The molecule has 3 N–H and O–H groups in total. The minimum Gasteiger partial charge on any atom is -0.392 e. The first-order valence-corrected chi connectivity index (χ1v) is 7.72. The molecule has 3 unspecified atom stereocenters. The second-order valence-corrected chi connectivity index (χ2v) is 7.07. The molecule has 2 rings (SSSR count). The number of rotatable bonds is 5. The summed E-state index contributed by atoms with van der Waals surface area (Å²) >= 11 is 4.72. The Morgan fingerprint density at radius 3 is 2.61 bits per heavy atom. The molecule has 6 heteroatoms. The summed E-state index contributed by atoms with van der Waals surface area (Å²) in [6.45, 7) is 1.50. The van der Waals surface area contributed by atoms with Gasteiger partial charge in [-0.1, -0.05) is 42.5 Å². The van der Waals surface area contributed by atoms with Crippen LogP contribution in [0.4, 0.5) is 0 Å². The smallest absolute Gasteiger partial charge is 0.221 e. The summed E-state index contributed by atoms with van der Waals surface area (Å²) in [4.78, 5) is -0.000545. The lowest BCUT2D eigenvalue weighted by atomic mass is 10.1. The molecule has 0 aromatic heterocycles. The Labute approximate surface area is 113 Å². The summed E-state index contributed by atoms with van der Waals surface area (Å²) in [6, 6.07) is 9.84. The first-order chi connectivity index (χ1) is 8.42. The van der Waals surface area contributed by atoms with E-state index in [9.17, 15) is 8.42 Å². The van der Waals surface area contributed by atoms with Crippen LogP contribution in [0.1, 0.15) is 24.8 Å². The highest BCUT2D eigenvalue weighted by Gasteiger charge is 2.42. The van der Waals surface area contributed by atoms with Gasteiger partial charge in [0.05, 0.1) is 4.99 Å². The third kappa shape index (κ3) is 2.88. The van der Waals surface area contributed by atoms with Crippen LogP contribution in [0.25, 0.3) is 0 Å². The van der Waals surface area contributed by atoms with Gasteiger partial charge in [-0.05, 0) is 18.9 Å². The third-order valence-electron chi connectivity index (χ3n) is 3.20. The number of thiocarbonyl (C=S) groups is 1. The van der Waals surface area contributed by atoms with Crippen molar-refractivity contribution in [2.45, 2.75) is 30.6 Å². The van der Waals surface area contributed by atoms with Crippen molar-refractivity contribution in [3.63, 3.8) is 0 Å². The molecule has 1 saturated carbocycles. The van der Waals surface area contributed by atoms with Crippen molar-refractivity contribution < 1.29 is 8.42 Å². The topological polar surface area (TPSA) is 72.2 Å². The lowest BCUT2D eigenvalue weighted by molar-refractivity contribution is 0.577. The molecule has 0 aliphatic heterocycles. The summed E-state index contributed by atoms with van der Waals surface area (Å²) in [6.07, 6.45) is 0.827. The van der Waals surface area contributed by atoms with E-state index in [2.05, 4.69) is 4.72 Å². The molecule has 0 amide bonds. The van der Waals surface area contributed by atoms with E-state index in [1.165, 1.54) is 6.92 Å². The van der Waals surface area contributed by atoms with Crippen molar-refractivity contribution in [2.75, 3.05) is 0 Å². The molecule has 1 aliphatic rings. The maximum absolute atomic E-state index is 11.9. The molecule has 98 valence electrons. The fraction of sp³-hybridized carbons (Fsp3) is 0.417. The Bertz CT molecular complexity index is 542. The number of benzene rings is 1. The minimum absolute atomic E-state index is 0.000545. The maximum Gasteiger partial charge on any atom is 0.221 e. The first-order valence-electron chi connectivity index (χ1n) is 5.77. The summed E-state index contributed by atoms with van der Waals surface area (Å²) in [5.74, 6) is 0.263. The van der Waals surface area contributed by atoms with Crippen LogP contribution in [0.15, 0.2) is 30.3 Å². The zero-order chi connectivity index (χ0) is 13.3. The fourth-order valence-corrected chi connectivity index (χ4v) is 3.43. The Morgan fingerprint density at radius 2 is 2.06 bits per heavy atom. The van der Waals surface area contributed by atoms with Crippen molar-refractivity contribution >= 4 is 27.2 Å². The molecule has 3 atom stereocenters. The third-order valence-corrected chi connectivity index (χ3v) is 5.52. The van der Waals surface area contributed by atoms with E-state index < -0.39 is 15.3 Å². The first kappa shape index (κ1) is 13.5. The van der Waals surface area contributed by atoms with E-state index in [-0.39, 0.29) is 16.9 Å². The van der Waals surface area contributed by atoms with Crippen LogP contribution in [-0.2, 0) is 10.0 Å².